The third-order valence-corrected chi connectivity index (χ3v) is 3.98. The summed E-state index contributed by atoms with van der Waals surface area (Å²) in [5.74, 6) is -0.124. The number of nitrogens with one attached hydrogen (secondary N) is 1. The maximum absolute atomic E-state index is 12.7. The van der Waals surface area contributed by atoms with Crippen LogP contribution in [0.15, 0.2) is 48.2 Å². The van der Waals surface area contributed by atoms with Gasteiger partial charge in [-0.3, -0.25) is 9.69 Å². The highest BCUT2D eigenvalue weighted by Gasteiger charge is 2.32. The van der Waals surface area contributed by atoms with Crippen molar-refractivity contribution in [3.63, 3.8) is 0 Å². The summed E-state index contributed by atoms with van der Waals surface area (Å²) in [6, 6.07) is 14.0. The van der Waals surface area contributed by atoms with Crippen LogP contribution in [0.2, 0.25) is 0 Å². The number of carbonyl (C=O) groups excluding carboxylic acids is 1. The van der Waals surface area contributed by atoms with Gasteiger partial charge in [-0.2, -0.15) is 0 Å². The van der Waals surface area contributed by atoms with Gasteiger partial charge >= 0.3 is 0 Å². The molecule has 23 heavy (non-hydrogen) atoms. The summed E-state index contributed by atoms with van der Waals surface area (Å²) in [5.41, 5.74) is 5.64. The van der Waals surface area contributed by atoms with E-state index in [-0.39, 0.29) is 5.91 Å². The van der Waals surface area contributed by atoms with Crippen LogP contribution in [0, 0.1) is 20.8 Å². The maximum Gasteiger partial charge on any atom is 0.281 e. The lowest BCUT2D eigenvalue weighted by molar-refractivity contribution is -0.113. The molecule has 0 aliphatic carbocycles. The quantitative estimate of drug-likeness (QED) is 0.673. The lowest BCUT2D eigenvalue weighted by Crippen LogP contribution is -2.30. The zero-order chi connectivity index (χ0) is 16.6. The van der Waals surface area contributed by atoms with E-state index in [0.717, 1.165) is 27.9 Å². The molecular formula is C19H18N2OS. The Hall–Kier alpha value is -2.46. The molecule has 4 heteroatoms. The Morgan fingerprint density at radius 1 is 1.00 bits per heavy atom. The van der Waals surface area contributed by atoms with E-state index in [0.29, 0.717) is 10.8 Å². The zero-order valence-electron chi connectivity index (χ0n) is 13.4. The molecule has 2 aromatic carbocycles. The van der Waals surface area contributed by atoms with E-state index in [1.165, 1.54) is 0 Å². The van der Waals surface area contributed by atoms with Crippen molar-refractivity contribution in [2.24, 2.45) is 0 Å². The fourth-order valence-electron chi connectivity index (χ4n) is 2.78. The molecule has 0 bridgehead atoms. The van der Waals surface area contributed by atoms with E-state index in [9.17, 15) is 4.79 Å². The van der Waals surface area contributed by atoms with Gasteiger partial charge in [0, 0.05) is 0 Å². The number of hydrogen-bond donors (Lipinski definition) is 1. The fourth-order valence-corrected chi connectivity index (χ4v) is 3.07. The molecule has 0 aromatic heterocycles. The molecule has 0 saturated carbocycles. The van der Waals surface area contributed by atoms with Crippen molar-refractivity contribution in [2.75, 3.05) is 4.90 Å². The fraction of sp³-hybridized carbons (Fsp3) is 0.158. The minimum absolute atomic E-state index is 0.124. The Balaban J connectivity index is 1.97. The van der Waals surface area contributed by atoms with Gasteiger partial charge in [0.1, 0.15) is 5.70 Å². The van der Waals surface area contributed by atoms with E-state index in [2.05, 4.69) is 11.4 Å². The lowest BCUT2D eigenvalue weighted by atomic mass is 10.1. The third kappa shape index (κ3) is 3.17. The molecule has 1 N–H and O–H groups in total. The van der Waals surface area contributed by atoms with Crippen molar-refractivity contribution < 1.29 is 4.79 Å². The van der Waals surface area contributed by atoms with Gasteiger partial charge in [-0.05, 0) is 67.9 Å². The second-order valence-corrected chi connectivity index (χ2v) is 6.28. The first-order chi connectivity index (χ1) is 10.9. The highest BCUT2D eigenvalue weighted by molar-refractivity contribution is 7.80. The van der Waals surface area contributed by atoms with E-state index in [4.69, 9.17) is 12.2 Å². The molecule has 1 fully saturated rings. The maximum atomic E-state index is 12.7. The van der Waals surface area contributed by atoms with Crippen molar-refractivity contribution in [3.05, 3.63) is 70.4 Å². The van der Waals surface area contributed by atoms with Crippen LogP contribution < -0.4 is 10.2 Å². The molecule has 0 atom stereocenters. The Labute approximate surface area is 141 Å². The second kappa shape index (κ2) is 5.97. The van der Waals surface area contributed by atoms with Crippen LogP contribution in [0.1, 0.15) is 22.3 Å². The van der Waals surface area contributed by atoms with Gasteiger partial charge in [-0.15, -0.1) is 0 Å². The van der Waals surface area contributed by atoms with Gasteiger partial charge in [-0.1, -0.05) is 35.9 Å². The molecule has 3 rings (SSSR count). The Morgan fingerprint density at radius 3 is 2.35 bits per heavy atom. The van der Waals surface area contributed by atoms with Crippen LogP contribution >= 0.6 is 12.2 Å². The van der Waals surface area contributed by atoms with E-state index >= 15 is 0 Å². The number of hydrogen-bond acceptors (Lipinski definition) is 2. The molecule has 1 heterocycles. The van der Waals surface area contributed by atoms with Crippen molar-refractivity contribution >= 4 is 35.0 Å². The number of anilines is 1. The van der Waals surface area contributed by atoms with E-state index in [1.807, 2.05) is 63.2 Å². The number of rotatable bonds is 2. The SMILES string of the molecule is Cc1cccc(/C=C2\NC(=S)N(c3cc(C)cc(C)c3)C2=O)c1. The molecule has 0 unspecified atom stereocenters. The van der Waals surface area contributed by atoms with Gasteiger partial charge in [0.15, 0.2) is 5.11 Å². The Kier molecular flexibility index (Phi) is 4.01. The number of carbonyl (C=O) groups is 1. The Bertz CT molecular complexity index is 819. The number of amides is 1. The van der Waals surface area contributed by atoms with E-state index in [1.54, 1.807) is 4.90 Å². The van der Waals surface area contributed by atoms with Crippen molar-refractivity contribution in [2.45, 2.75) is 20.8 Å². The van der Waals surface area contributed by atoms with Crippen LogP contribution in [0.3, 0.4) is 0 Å². The van der Waals surface area contributed by atoms with E-state index < -0.39 is 0 Å². The van der Waals surface area contributed by atoms with Gasteiger partial charge in [0.05, 0.1) is 5.69 Å². The van der Waals surface area contributed by atoms with Gasteiger partial charge in [0.2, 0.25) is 0 Å². The molecule has 2 aromatic rings. The normalized spacial score (nSPS) is 16.1. The van der Waals surface area contributed by atoms with Crippen molar-refractivity contribution in [1.29, 1.82) is 0 Å². The molecular weight excluding hydrogens is 304 g/mol. The van der Waals surface area contributed by atoms with Gasteiger partial charge < -0.3 is 5.32 Å². The summed E-state index contributed by atoms with van der Waals surface area (Å²) in [6.07, 6.45) is 1.84. The minimum atomic E-state index is -0.124. The molecule has 0 radical (unpaired) electrons. The van der Waals surface area contributed by atoms with Crippen LogP contribution in [-0.2, 0) is 4.79 Å². The molecule has 0 spiro atoms. The highest BCUT2D eigenvalue weighted by Crippen LogP contribution is 2.24. The van der Waals surface area contributed by atoms with Crippen LogP contribution in [0.25, 0.3) is 6.08 Å². The van der Waals surface area contributed by atoms with Crippen molar-refractivity contribution in [3.8, 4) is 0 Å². The topological polar surface area (TPSA) is 32.3 Å². The van der Waals surface area contributed by atoms with Gasteiger partial charge in [0.25, 0.3) is 5.91 Å². The average Bonchev–Trinajstić information content (AvgIpc) is 2.72. The predicted octanol–water partition coefficient (Wildman–Crippen LogP) is 3.87. The standard InChI is InChI=1S/C19H18N2OS/c1-12-5-4-6-15(8-12)11-17-18(22)21(19(23)20-17)16-9-13(2)7-14(3)10-16/h4-11H,1-3H3,(H,20,23)/b17-11-. The highest BCUT2D eigenvalue weighted by atomic mass is 32.1. The lowest BCUT2D eigenvalue weighted by Gasteiger charge is -2.15. The van der Waals surface area contributed by atoms with Crippen LogP contribution in [0.4, 0.5) is 5.69 Å². The molecule has 1 amide bonds. The number of nitrogens with zero attached hydrogens (tertiary/aromatic N) is 1. The smallest absolute Gasteiger partial charge is 0.281 e. The summed E-state index contributed by atoms with van der Waals surface area (Å²) in [7, 11) is 0. The first kappa shape index (κ1) is 15.4. The summed E-state index contributed by atoms with van der Waals surface area (Å²) >= 11 is 5.36. The second-order valence-electron chi connectivity index (χ2n) is 5.89. The summed E-state index contributed by atoms with van der Waals surface area (Å²) in [5, 5.41) is 3.44. The predicted molar refractivity (Wildman–Crippen MR) is 98.3 cm³/mol. The Morgan fingerprint density at radius 2 is 1.70 bits per heavy atom. The summed E-state index contributed by atoms with van der Waals surface area (Å²) in [4.78, 5) is 14.3. The number of benzene rings is 2. The van der Waals surface area contributed by atoms with Crippen LogP contribution in [-0.4, -0.2) is 11.0 Å². The summed E-state index contributed by atoms with van der Waals surface area (Å²) in [6.45, 7) is 6.05. The molecule has 1 aliphatic rings. The third-order valence-electron chi connectivity index (χ3n) is 3.70. The average molecular weight is 322 g/mol. The largest absolute Gasteiger partial charge is 0.327 e. The zero-order valence-corrected chi connectivity index (χ0v) is 14.2. The molecule has 116 valence electrons. The molecule has 1 aliphatic heterocycles. The summed E-state index contributed by atoms with van der Waals surface area (Å²) < 4.78 is 0. The molecule has 1 saturated heterocycles. The van der Waals surface area contributed by atoms with Crippen molar-refractivity contribution in [1.82, 2.24) is 5.32 Å². The first-order valence-corrected chi connectivity index (χ1v) is 7.87. The van der Waals surface area contributed by atoms with Gasteiger partial charge in [-0.25, -0.2) is 0 Å². The number of thiocarbonyl (C=S) groups is 1. The first-order valence-electron chi connectivity index (χ1n) is 7.46. The monoisotopic (exact) mass is 322 g/mol. The van der Waals surface area contributed by atoms with Crippen LogP contribution in [0.5, 0.6) is 0 Å². The number of aryl methyl sites for hydroxylation is 3. The minimum Gasteiger partial charge on any atom is -0.327 e. The molecule has 3 nitrogen and oxygen atoms in total.